The largest absolute Gasteiger partial charge is 0.368 e. The third-order valence-electron chi connectivity index (χ3n) is 3.18. The predicted molar refractivity (Wildman–Crippen MR) is 77.0 cm³/mol. The zero-order valence-electron chi connectivity index (χ0n) is 10.2. The highest BCUT2D eigenvalue weighted by Crippen LogP contribution is 2.39. The summed E-state index contributed by atoms with van der Waals surface area (Å²) in [4.78, 5) is 21.2. The summed E-state index contributed by atoms with van der Waals surface area (Å²) in [5, 5.41) is 7.21. The molecule has 0 bridgehead atoms. The molecular formula is C12H13ClN4OS. The third kappa shape index (κ3) is 2.37. The van der Waals surface area contributed by atoms with Crippen LogP contribution in [0.25, 0.3) is 10.2 Å². The highest BCUT2D eigenvalue weighted by molar-refractivity contribution is 7.19. The van der Waals surface area contributed by atoms with E-state index in [1.54, 1.807) is 11.3 Å². The van der Waals surface area contributed by atoms with Crippen molar-refractivity contribution >= 4 is 45.4 Å². The van der Waals surface area contributed by atoms with E-state index < -0.39 is 0 Å². The number of nitrogens with one attached hydrogen (secondary N) is 2. The summed E-state index contributed by atoms with van der Waals surface area (Å²) in [5.74, 6) is 0.780. The van der Waals surface area contributed by atoms with Crippen molar-refractivity contribution in [3.63, 3.8) is 0 Å². The van der Waals surface area contributed by atoms with E-state index in [0.717, 1.165) is 28.9 Å². The lowest BCUT2D eigenvalue weighted by molar-refractivity contribution is -0.109. The number of rotatable bonds is 5. The van der Waals surface area contributed by atoms with Crippen LogP contribution in [-0.2, 0) is 17.6 Å². The van der Waals surface area contributed by atoms with Crippen LogP contribution in [0.3, 0.4) is 0 Å². The number of aromatic nitrogens is 2. The maximum Gasteiger partial charge on any atom is 0.225 e. The van der Waals surface area contributed by atoms with E-state index in [0.29, 0.717) is 19.5 Å². The summed E-state index contributed by atoms with van der Waals surface area (Å²) in [5.41, 5.74) is 1.36. The Labute approximate surface area is 119 Å². The minimum Gasteiger partial charge on any atom is -0.368 e. The molecule has 0 atom stereocenters. The van der Waals surface area contributed by atoms with Crippen LogP contribution >= 0.6 is 22.9 Å². The van der Waals surface area contributed by atoms with E-state index in [4.69, 9.17) is 11.6 Å². The van der Waals surface area contributed by atoms with Crippen LogP contribution in [0.5, 0.6) is 0 Å². The molecule has 2 N–H and O–H groups in total. The van der Waals surface area contributed by atoms with Crippen molar-refractivity contribution in [2.45, 2.75) is 19.3 Å². The van der Waals surface area contributed by atoms with Crippen LogP contribution in [0, 0.1) is 0 Å². The number of thiophene rings is 1. The Kier molecular flexibility index (Phi) is 3.52. The quantitative estimate of drug-likeness (QED) is 0.503. The molecule has 2 aromatic rings. The molecule has 2 heterocycles. The molecule has 0 saturated heterocycles. The molecule has 1 aliphatic rings. The first-order chi connectivity index (χ1) is 9.29. The van der Waals surface area contributed by atoms with E-state index >= 15 is 0 Å². The predicted octanol–water partition coefficient (Wildman–Crippen LogP) is 1.99. The Bertz CT molecular complexity index is 628. The third-order valence-corrected chi connectivity index (χ3v) is 4.54. The number of hydrogen-bond acceptors (Lipinski definition) is 5. The maximum absolute atomic E-state index is 10.2. The summed E-state index contributed by atoms with van der Waals surface area (Å²) in [6.45, 7) is 1.17. The number of carbonyl (C=O) groups excluding carboxylic acids is 1. The van der Waals surface area contributed by atoms with Gasteiger partial charge in [0.15, 0.2) is 0 Å². The molecule has 1 aliphatic carbocycles. The van der Waals surface area contributed by atoms with Crippen molar-refractivity contribution in [3.8, 4) is 0 Å². The molecule has 1 amide bonds. The lowest BCUT2D eigenvalue weighted by atomic mass is 10.2. The van der Waals surface area contributed by atoms with E-state index in [1.807, 2.05) is 0 Å². The van der Waals surface area contributed by atoms with Crippen molar-refractivity contribution < 1.29 is 4.79 Å². The Morgan fingerprint density at radius 2 is 2.21 bits per heavy atom. The number of halogens is 1. The Morgan fingerprint density at radius 1 is 1.32 bits per heavy atom. The van der Waals surface area contributed by atoms with Crippen molar-refractivity contribution in [1.29, 1.82) is 0 Å². The number of carbonyl (C=O) groups is 1. The fraction of sp³-hybridized carbons (Fsp3) is 0.417. The number of fused-ring (bicyclic) bond motifs is 3. The Hall–Kier alpha value is -1.40. The molecule has 100 valence electrons. The van der Waals surface area contributed by atoms with Gasteiger partial charge in [-0.25, -0.2) is 9.97 Å². The maximum atomic E-state index is 10.2. The van der Waals surface area contributed by atoms with Crippen LogP contribution in [0.4, 0.5) is 5.82 Å². The van der Waals surface area contributed by atoms with Crippen LogP contribution in [0.1, 0.15) is 16.9 Å². The zero-order valence-corrected chi connectivity index (χ0v) is 11.8. The van der Waals surface area contributed by atoms with Crippen LogP contribution in [-0.4, -0.2) is 29.5 Å². The van der Waals surface area contributed by atoms with Gasteiger partial charge in [0.05, 0.1) is 5.39 Å². The molecule has 19 heavy (non-hydrogen) atoms. The average Bonchev–Trinajstić information content (AvgIpc) is 2.93. The zero-order chi connectivity index (χ0) is 13.2. The molecule has 0 spiro atoms. The van der Waals surface area contributed by atoms with E-state index in [9.17, 15) is 4.79 Å². The van der Waals surface area contributed by atoms with Crippen molar-refractivity contribution in [1.82, 2.24) is 15.3 Å². The highest BCUT2D eigenvalue weighted by Gasteiger charge is 2.21. The van der Waals surface area contributed by atoms with Crippen molar-refractivity contribution in [3.05, 3.63) is 15.7 Å². The van der Waals surface area contributed by atoms with Crippen molar-refractivity contribution in [2.24, 2.45) is 0 Å². The van der Waals surface area contributed by atoms with Gasteiger partial charge in [-0.1, -0.05) is 0 Å². The summed E-state index contributed by atoms with van der Waals surface area (Å²) in [6, 6.07) is 0. The molecular weight excluding hydrogens is 284 g/mol. The molecule has 0 saturated carbocycles. The van der Waals surface area contributed by atoms with Crippen LogP contribution in [0.2, 0.25) is 5.28 Å². The molecule has 0 aromatic carbocycles. The highest BCUT2D eigenvalue weighted by atomic mass is 35.5. The normalized spacial score (nSPS) is 13.5. The molecule has 0 unspecified atom stereocenters. The fourth-order valence-corrected chi connectivity index (χ4v) is 3.89. The second-order valence-corrected chi connectivity index (χ2v) is 5.80. The summed E-state index contributed by atoms with van der Waals surface area (Å²) in [7, 11) is 0. The monoisotopic (exact) mass is 296 g/mol. The molecule has 0 fully saturated rings. The van der Waals surface area contributed by atoms with Gasteiger partial charge in [0, 0.05) is 18.0 Å². The van der Waals surface area contributed by atoms with Gasteiger partial charge in [-0.05, 0) is 36.4 Å². The lowest BCUT2D eigenvalue weighted by Crippen LogP contribution is -2.21. The van der Waals surface area contributed by atoms with Gasteiger partial charge in [0.1, 0.15) is 10.6 Å². The SMILES string of the molecule is O=CNCCNc1nc(Cl)nc2sc3c(c12)CCC3. The van der Waals surface area contributed by atoms with Gasteiger partial charge in [0.2, 0.25) is 11.7 Å². The number of hydrogen-bond donors (Lipinski definition) is 2. The summed E-state index contributed by atoms with van der Waals surface area (Å²) < 4.78 is 0. The van der Waals surface area contributed by atoms with Gasteiger partial charge in [-0.2, -0.15) is 0 Å². The van der Waals surface area contributed by atoms with Crippen LogP contribution < -0.4 is 10.6 Å². The minimum absolute atomic E-state index is 0.262. The lowest BCUT2D eigenvalue weighted by Gasteiger charge is -2.07. The van der Waals surface area contributed by atoms with Crippen LogP contribution in [0.15, 0.2) is 0 Å². The summed E-state index contributed by atoms with van der Waals surface area (Å²) >= 11 is 7.67. The minimum atomic E-state index is 0.262. The topological polar surface area (TPSA) is 66.9 Å². The van der Waals surface area contributed by atoms with Gasteiger partial charge >= 0.3 is 0 Å². The number of anilines is 1. The van der Waals surface area contributed by atoms with E-state index in [2.05, 4.69) is 20.6 Å². The second kappa shape index (κ2) is 5.30. The Morgan fingerprint density at radius 3 is 3.05 bits per heavy atom. The smallest absolute Gasteiger partial charge is 0.225 e. The first-order valence-electron chi connectivity index (χ1n) is 6.18. The molecule has 2 aromatic heterocycles. The van der Waals surface area contributed by atoms with Crippen molar-refractivity contribution in [2.75, 3.05) is 18.4 Å². The molecule has 0 radical (unpaired) electrons. The van der Waals surface area contributed by atoms with Gasteiger partial charge in [-0.3, -0.25) is 4.79 Å². The number of nitrogens with zero attached hydrogens (tertiary/aromatic N) is 2. The first kappa shape index (κ1) is 12.6. The standard InChI is InChI=1S/C12H13ClN4OS/c13-12-16-10(15-5-4-14-6-18)9-7-2-1-3-8(7)19-11(9)17-12/h6H,1-5H2,(H,14,18)(H,15,16,17). The molecule has 7 heteroatoms. The Balaban J connectivity index is 1.95. The summed E-state index contributed by atoms with van der Waals surface area (Å²) in [6.07, 6.45) is 4.10. The fourth-order valence-electron chi connectivity index (χ4n) is 2.41. The second-order valence-electron chi connectivity index (χ2n) is 4.38. The number of aryl methyl sites for hydroxylation is 2. The molecule has 0 aliphatic heterocycles. The van der Waals surface area contributed by atoms with Gasteiger partial charge in [-0.15, -0.1) is 11.3 Å². The van der Waals surface area contributed by atoms with Gasteiger partial charge in [0.25, 0.3) is 0 Å². The van der Waals surface area contributed by atoms with Gasteiger partial charge < -0.3 is 10.6 Å². The van der Waals surface area contributed by atoms with E-state index in [1.165, 1.54) is 16.9 Å². The molecule has 3 rings (SSSR count). The van der Waals surface area contributed by atoms with E-state index in [-0.39, 0.29) is 5.28 Å². The molecule has 5 nitrogen and oxygen atoms in total. The first-order valence-corrected chi connectivity index (χ1v) is 7.37. The average molecular weight is 297 g/mol. The number of amides is 1.